The van der Waals surface area contributed by atoms with Crippen LogP contribution in [-0.4, -0.2) is 62.0 Å². The van der Waals surface area contributed by atoms with Crippen molar-refractivity contribution >= 4 is 29.5 Å². The number of hydrogen-bond acceptors (Lipinski definition) is 5. The summed E-state index contributed by atoms with van der Waals surface area (Å²) >= 11 is 1.66. The number of aliphatic hydroxyl groups excluding tert-OH is 1. The zero-order valence-electron chi connectivity index (χ0n) is 20.5. The van der Waals surface area contributed by atoms with Gasteiger partial charge in [-0.15, -0.1) is 11.8 Å². The van der Waals surface area contributed by atoms with Crippen LogP contribution in [0.5, 0.6) is 0 Å². The van der Waals surface area contributed by atoms with Crippen LogP contribution in [0.4, 0.5) is 0 Å². The molecule has 0 aromatic heterocycles. The van der Waals surface area contributed by atoms with Gasteiger partial charge < -0.3 is 20.6 Å². The highest BCUT2D eigenvalue weighted by Gasteiger charge is 2.77. The van der Waals surface area contributed by atoms with Crippen LogP contribution in [0.25, 0.3) is 0 Å². The number of hydrogen-bond donors (Lipinski definition) is 3. The lowest BCUT2D eigenvalue weighted by Gasteiger charge is -2.36. The minimum absolute atomic E-state index is 0.00140. The van der Waals surface area contributed by atoms with Crippen LogP contribution < -0.4 is 10.6 Å². The Labute approximate surface area is 206 Å². The van der Waals surface area contributed by atoms with Crippen LogP contribution in [0.3, 0.4) is 0 Å². The van der Waals surface area contributed by atoms with Crippen molar-refractivity contribution in [3.8, 4) is 0 Å². The number of rotatable bonds is 9. The molecule has 1 aromatic carbocycles. The SMILES string of the molecule is CCCC(C)NC(=O)C1N([C@H](C)CO)C(=O)[C@@H]2[C@H](C(=O)NCc3ccccc3)[C@]3(C)CCC12S3. The van der Waals surface area contributed by atoms with Crippen LogP contribution in [0.15, 0.2) is 30.3 Å². The van der Waals surface area contributed by atoms with Gasteiger partial charge in [-0.1, -0.05) is 43.7 Å². The van der Waals surface area contributed by atoms with Crippen molar-refractivity contribution in [1.82, 2.24) is 15.5 Å². The average molecular weight is 488 g/mol. The van der Waals surface area contributed by atoms with E-state index in [0.29, 0.717) is 13.0 Å². The van der Waals surface area contributed by atoms with Gasteiger partial charge in [0.2, 0.25) is 17.7 Å². The zero-order chi connectivity index (χ0) is 24.7. The number of likely N-dealkylation sites (tertiary alicyclic amines) is 1. The van der Waals surface area contributed by atoms with E-state index >= 15 is 0 Å². The van der Waals surface area contributed by atoms with E-state index in [-0.39, 0.29) is 30.4 Å². The Kier molecular flexibility index (Phi) is 7.02. The van der Waals surface area contributed by atoms with Gasteiger partial charge >= 0.3 is 0 Å². The number of nitrogens with one attached hydrogen (secondary N) is 2. The summed E-state index contributed by atoms with van der Waals surface area (Å²) in [5.74, 6) is -1.56. The zero-order valence-corrected chi connectivity index (χ0v) is 21.4. The van der Waals surface area contributed by atoms with E-state index in [9.17, 15) is 19.5 Å². The number of carbonyl (C=O) groups excluding carboxylic acids is 3. The van der Waals surface area contributed by atoms with Crippen LogP contribution in [0, 0.1) is 11.8 Å². The van der Waals surface area contributed by atoms with Gasteiger partial charge in [0.05, 0.1) is 29.2 Å². The van der Waals surface area contributed by atoms with Crippen molar-refractivity contribution in [2.75, 3.05) is 6.61 Å². The van der Waals surface area contributed by atoms with Gasteiger partial charge in [-0.05, 0) is 45.6 Å². The van der Waals surface area contributed by atoms with Crippen molar-refractivity contribution in [3.05, 3.63) is 35.9 Å². The minimum Gasteiger partial charge on any atom is -0.394 e. The topological polar surface area (TPSA) is 98.7 Å². The third-order valence-electron chi connectivity index (χ3n) is 7.90. The van der Waals surface area contributed by atoms with E-state index in [1.165, 1.54) is 0 Å². The first-order valence-corrected chi connectivity index (χ1v) is 13.3. The molecule has 0 saturated carbocycles. The van der Waals surface area contributed by atoms with Gasteiger partial charge in [0.25, 0.3) is 0 Å². The molecule has 3 aliphatic heterocycles. The number of nitrogens with zero attached hydrogens (tertiary/aromatic N) is 1. The maximum absolute atomic E-state index is 13.9. The third-order valence-corrected chi connectivity index (χ3v) is 9.89. The summed E-state index contributed by atoms with van der Waals surface area (Å²) < 4.78 is -1.05. The number of thioether (sulfide) groups is 1. The standard InChI is InChI=1S/C26H37N3O4S/c1-5-9-16(2)28-23(32)21-26-13-12-25(4,34-26)19(20(26)24(33)29(21)17(3)15-30)22(31)27-14-18-10-7-6-8-11-18/h6-8,10-11,16-17,19-21,30H,5,9,12-15H2,1-4H3,(H,27,31)(H,28,32)/t16?,17-,19-,20+,21?,25+,26?/m1/s1. The Morgan fingerprint density at radius 1 is 1.21 bits per heavy atom. The molecule has 1 spiro atoms. The molecule has 3 N–H and O–H groups in total. The lowest BCUT2D eigenvalue weighted by Crippen LogP contribution is -2.57. The number of carbonyl (C=O) groups is 3. The molecule has 3 unspecified atom stereocenters. The van der Waals surface area contributed by atoms with E-state index in [0.717, 1.165) is 24.8 Å². The molecule has 186 valence electrons. The molecule has 7 nitrogen and oxygen atoms in total. The summed E-state index contributed by atoms with van der Waals surface area (Å²) in [5, 5.41) is 16.1. The first kappa shape index (κ1) is 25.0. The fraction of sp³-hybridized carbons (Fsp3) is 0.654. The highest BCUT2D eigenvalue weighted by Crippen LogP contribution is 2.71. The van der Waals surface area contributed by atoms with Gasteiger partial charge in [0, 0.05) is 17.3 Å². The van der Waals surface area contributed by atoms with Crippen molar-refractivity contribution < 1.29 is 19.5 Å². The largest absolute Gasteiger partial charge is 0.394 e. The molecule has 34 heavy (non-hydrogen) atoms. The highest BCUT2D eigenvalue weighted by atomic mass is 32.2. The van der Waals surface area contributed by atoms with Crippen molar-refractivity contribution in [3.63, 3.8) is 0 Å². The second kappa shape index (κ2) is 9.53. The number of fused-ring (bicyclic) bond motifs is 1. The Bertz CT molecular complexity index is 943. The second-order valence-electron chi connectivity index (χ2n) is 10.4. The van der Waals surface area contributed by atoms with Crippen LogP contribution in [0.1, 0.15) is 58.9 Å². The Hall–Kier alpha value is -2.06. The number of benzene rings is 1. The summed E-state index contributed by atoms with van der Waals surface area (Å²) in [6.45, 7) is 8.07. The van der Waals surface area contributed by atoms with E-state index in [4.69, 9.17) is 0 Å². The van der Waals surface area contributed by atoms with E-state index in [2.05, 4.69) is 24.5 Å². The predicted molar refractivity (Wildman–Crippen MR) is 133 cm³/mol. The van der Waals surface area contributed by atoms with Crippen LogP contribution >= 0.6 is 11.8 Å². The molecule has 3 aliphatic rings. The first-order chi connectivity index (χ1) is 16.2. The first-order valence-electron chi connectivity index (χ1n) is 12.4. The van der Waals surface area contributed by atoms with Crippen LogP contribution in [-0.2, 0) is 20.9 Å². The molecule has 3 fully saturated rings. The predicted octanol–water partition coefficient (Wildman–Crippen LogP) is 2.47. The fourth-order valence-corrected chi connectivity index (χ4v) is 8.69. The molecular formula is C26H37N3O4S. The Morgan fingerprint density at radius 2 is 1.91 bits per heavy atom. The lowest BCUT2D eigenvalue weighted by molar-refractivity contribution is -0.143. The van der Waals surface area contributed by atoms with Gasteiger partial charge in [-0.3, -0.25) is 14.4 Å². The van der Waals surface area contributed by atoms with Gasteiger partial charge in [0.15, 0.2) is 0 Å². The molecule has 8 heteroatoms. The highest BCUT2D eigenvalue weighted by molar-refractivity contribution is 8.02. The lowest BCUT2D eigenvalue weighted by atomic mass is 9.66. The van der Waals surface area contributed by atoms with Gasteiger partial charge in [-0.25, -0.2) is 0 Å². The molecule has 3 saturated heterocycles. The molecule has 3 amide bonds. The van der Waals surface area contributed by atoms with Gasteiger partial charge in [0.1, 0.15) is 6.04 Å². The minimum atomic E-state index is -0.690. The molecule has 3 heterocycles. The van der Waals surface area contributed by atoms with E-state index in [1.807, 2.05) is 37.3 Å². The van der Waals surface area contributed by atoms with Gasteiger partial charge in [-0.2, -0.15) is 0 Å². The summed E-state index contributed by atoms with van der Waals surface area (Å²) in [6.07, 6.45) is 3.29. The summed E-state index contributed by atoms with van der Waals surface area (Å²) in [7, 11) is 0. The maximum Gasteiger partial charge on any atom is 0.244 e. The molecular weight excluding hydrogens is 450 g/mol. The number of amides is 3. The molecule has 1 aromatic rings. The van der Waals surface area contributed by atoms with E-state index < -0.39 is 33.4 Å². The average Bonchev–Trinajstić information content (AvgIpc) is 3.38. The van der Waals surface area contributed by atoms with Crippen molar-refractivity contribution in [2.24, 2.45) is 11.8 Å². The van der Waals surface area contributed by atoms with Crippen molar-refractivity contribution in [2.45, 2.75) is 87.5 Å². The number of aliphatic hydroxyl groups is 1. The Balaban J connectivity index is 1.64. The molecule has 2 bridgehead atoms. The summed E-state index contributed by atoms with van der Waals surface area (Å²) in [5.41, 5.74) is 1.00. The molecule has 0 aliphatic carbocycles. The van der Waals surface area contributed by atoms with Crippen molar-refractivity contribution in [1.29, 1.82) is 0 Å². The fourth-order valence-electron chi connectivity index (χ4n) is 6.35. The molecule has 4 rings (SSSR count). The monoisotopic (exact) mass is 487 g/mol. The van der Waals surface area contributed by atoms with Crippen LogP contribution in [0.2, 0.25) is 0 Å². The molecule has 7 atom stereocenters. The summed E-state index contributed by atoms with van der Waals surface area (Å²) in [4.78, 5) is 42.6. The quantitative estimate of drug-likeness (QED) is 0.497. The summed E-state index contributed by atoms with van der Waals surface area (Å²) in [6, 6.07) is 8.54. The smallest absolute Gasteiger partial charge is 0.244 e. The molecule has 0 radical (unpaired) electrons. The third kappa shape index (κ3) is 4.02. The maximum atomic E-state index is 13.9. The Morgan fingerprint density at radius 3 is 2.56 bits per heavy atom. The normalized spacial score (nSPS) is 33.5. The second-order valence-corrected chi connectivity index (χ2v) is 12.3. The van der Waals surface area contributed by atoms with E-state index in [1.54, 1.807) is 23.6 Å².